The summed E-state index contributed by atoms with van der Waals surface area (Å²) < 4.78 is 10.9. The number of hydrogen-bond acceptors (Lipinski definition) is 4. The van der Waals surface area contributed by atoms with Crippen LogP contribution in [0.5, 0.6) is 0 Å². The average molecular weight is 234 g/mol. The highest BCUT2D eigenvalue weighted by Gasteiger charge is 2.06. The second kappa shape index (κ2) is 10.0. The van der Waals surface area contributed by atoms with Gasteiger partial charge < -0.3 is 19.7 Å². The van der Waals surface area contributed by atoms with Crippen LogP contribution in [-0.2, 0) is 9.47 Å². The van der Waals surface area contributed by atoms with Gasteiger partial charge in [-0.3, -0.25) is 0 Å². The van der Waals surface area contributed by atoms with Gasteiger partial charge in [0.15, 0.2) is 0 Å². The molecule has 0 bridgehead atoms. The molecule has 0 heterocycles. The van der Waals surface area contributed by atoms with E-state index in [9.17, 15) is 0 Å². The van der Waals surface area contributed by atoms with Crippen LogP contribution in [0, 0.1) is 17.8 Å². The Labute approximate surface area is 98.6 Å². The van der Waals surface area contributed by atoms with Gasteiger partial charge in [0.1, 0.15) is 0 Å². The van der Waals surface area contributed by atoms with Crippen molar-refractivity contribution < 1.29 is 19.7 Å². The highest BCUT2D eigenvalue weighted by Crippen LogP contribution is 2.02. The minimum atomic E-state index is 0.166. The van der Waals surface area contributed by atoms with Gasteiger partial charge in [-0.1, -0.05) is 20.8 Å². The summed E-state index contributed by atoms with van der Waals surface area (Å²) in [5, 5.41) is 17.6. The zero-order valence-corrected chi connectivity index (χ0v) is 10.7. The maximum absolute atomic E-state index is 8.80. The van der Waals surface area contributed by atoms with Gasteiger partial charge in [-0.2, -0.15) is 0 Å². The second-order valence-corrected chi connectivity index (χ2v) is 4.76. The number of rotatable bonds is 10. The molecule has 2 unspecified atom stereocenters. The summed E-state index contributed by atoms with van der Waals surface area (Å²) in [5.74, 6) is 0.738. The lowest BCUT2D eigenvalue weighted by atomic mass is 10.2. The summed E-state index contributed by atoms with van der Waals surface area (Å²) in [7, 11) is 0. The highest BCUT2D eigenvalue weighted by atomic mass is 16.5. The van der Waals surface area contributed by atoms with Gasteiger partial charge in [-0.05, 0) is 0 Å². The van der Waals surface area contributed by atoms with Crippen molar-refractivity contribution in [1.29, 1.82) is 0 Å². The van der Waals surface area contributed by atoms with Crippen molar-refractivity contribution in [2.75, 3.05) is 39.6 Å². The summed E-state index contributed by atoms with van der Waals surface area (Å²) in [6.45, 7) is 8.77. The molecule has 0 aliphatic rings. The largest absolute Gasteiger partial charge is 0.396 e. The fourth-order valence-electron chi connectivity index (χ4n) is 1.09. The monoisotopic (exact) mass is 234 g/mol. The molecule has 0 saturated carbocycles. The first-order valence-corrected chi connectivity index (χ1v) is 5.97. The lowest BCUT2D eigenvalue weighted by Gasteiger charge is -2.15. The van der Waals surface area contributed by atoms with Crippen LogP contribution in [0.4, 0.5) is 0 Å². The van der Waals surface area contributed by atoms with Crippen LogP contribution in [0.1, 0.15) is 20.8 Å². The Morgan fingerprint density at radius 2 is 1.00 bits per heavy atom. The van der Waals surface area contributed by atoms with Crippen molar-refractivity contribution in [3.8, 4) is 0 Å². The van der Waals surface area contributed by atoms with Crippen LogP contribution in [0.3, 0.4) is 0 Å². The van der Waals surface area contributed by atoms with Gasteiger partial charge in [0, 0.05) is 31.0 Å². The molecule has 0 aliphatic heterocycles. The van der Waals surface area contributed by atoms with Crippen molar-refractivity contribution in [2.24, 2.45) is 17.8 Å². The number of aliphatic hydroxyl groups is 2. The van der Waals surface area contributed by atoms with Gasteiger partial charge in [-0.15, -0.1) is 0 Å². The van der Waals surface area contributed by atoms with Gasteiger partial charge in [0.05, 0.1) is 26.4 Å². The normalized spacial score (nSPS) is 17.1. The Bertz CT molecular complexity index is 136. The third-order valence-electron chi connectivity index (χ3n) is 2.23. The smallest absolute Gasteiger partial charge is 0.0513 e. The fraction of sp³-hybridized carbons (Fsp3) is 1.00. The van der Waals surface area contributed by atoms with Crippen LogP contribution < -0.4 is 0 Å². The van der Waals surface area contributed by atoms with Crippen molar-refractivity contribution in [2.45, 2.75) is 20.8 Å². The van der Waals surface area contributed by atoms with Crippen LogP contribution in [0.15, 0.2) is 0 Å². The average Bonchev–Trinajstić information content (AvgIpc) is 2.28. The van der Waals surface area contributed by atoms with Gasteiger partial charge >= 0.3 is 0 Å². The third kappa shape index (κ3) is 9.09. The Morgan fingerprint density at radius 3 is 1.31 bits per heavy atom. The molecule has 0 fully saturated rings. The molecular formula is C12H26O4. The number of hydrogen-bond donors (Lipinski definition) is 2. The van der Waals surface area contributed by atoms with Crippen LogP contribution in [0.2, 0.25) is 0 Å². The first-order valence-electron chi connectivity index (χ1n) is 5.97. The maximum atomic E-state index is 8.80. The molecular weight excluding hydrogens is 208 g/mol. The molecule has 0 rings (SSSR count). The van der Waals surface area contributed by atoms with Gasteiger partial charge in [0.2, 0.25) is 0 Å². The van der Waals surface area contributed by atoms with Crippen molar-refractivity contribution >= 4 is 0 Å². The fourth-order valence-corrected chi connectivity index (χ4v) is 1.09. The van der Waals surface area contributed by atoms with E-state index in [0.717, 1.165) is 0 Å². The van der Waals surface area contributed by atoms with E-state index in [1.807, 2.05) is 13.8 Å². The topological polar surface area (TPSA) is 58.9 Å². The van der Waals surface area contributed by atoms with E-state index in [2.05, 4.69) is 6.92 Å². The molecule has 2 atom stereocenters. The maximum Gasteiger partial charge on any atom is 0.0513 e. The molecule has 0 aromatic rings. The molecule has 98 valence electrons. The Balaban J connectivity index is 3.34. The van der Waals surface area contributed by atoms with Crippen molar-refractivity contribution in [3.63, 3.8) is 0 Å². The van der Waals surface area contributed by atoms with Crippen LogP contribution in [0.25, 0.3) is 0 Å². The quantitative estimate of drug-likeness (QED) is 0.590. The lowest BCUT2D eigenvalue weighted by molar-refractivity contribution is 0.0143. The third-order valence-corrected chi connectivity index (χ3v) is 2.23. The summed E-state index contributed by atoms with van der Waals surface area (Å²) in [5.41, 5.74) is 0. The van der Waals surface area contributed by atoms with E-state index in [0.29, 0.717) is 32.3 Å². The number of aliphatic hydroxyl groups excluding tert-OH is 2. The SMILES string of the molecule is CC(CO)COCC(C)COCC(C)CO. The zero-order valence-electron chi connectivity index (χ0n) is 10.7. The Kier molecular flexibility index (Phi) is 9.92. The van der Waals surface area contributed by atoms with E-state index in [1.54, 1.807) is 0 Å². The molecule has 0 saturated heterocycles. The van der Waals surface area contributed by atoms with E-state index in [4.69, 9.17) is 19.7 Å². The van der Waals surface area contributed by atoms with Gasteiger partial charge in [0.25, 0.3) is 0 Å². The molecule has 16 heavy (non-hydrogen) atoms. The first kappa shape index (κ1) is 15.8. The van der Waals surface area contributed by atoms with E-state index >= 15 is 0 Å². The molecule has 0 aromatic heterocycles. The summed E-state index contributed by atoms with van der Waals surface area (Å²) in [4.78, 5) is 0. The molecule has 0 aliphatic carbocycles. The predicted molar refractivity (Wildman–Crippen MR) is 63.3 cm³/mol. The van der Waals surface area contributed by atoms with E-state index in [1.165, 1.54) is 0 Å². The van der Waals surface area contributed by atoms with E-state index in [-0.39, 0.29) is 25.0 Å². The molecule has 0 aromatic carbocycles. The summed E-state index contributed by atoms with van der Waals surface area (Å²) in [6.07, 6.45) is 0. The summed E-state index contributed by atoms with van der Waals surface area (Å²) >= 11 is 0. The molecule has 4 heteroatoms. The minimum absolute atomic E-state index is 0.166. The van der Waals surface area contributed by atoms with Crippen LogP contribution in [-0.4, -0.2) is 49.9 Å². The zero-order chi connectivity index (χ0) is 12.4. The lowest BCUT2D eigenvalue weighted by Crippen LogP contribution is -2.19. The summed E-state index contributed by atoms with van der Waals surface area (Å²) in [6, 6.07) is 0. The predicted octanol–water partition coefficient (Wildman–Crippen LogP) is 0.913. The van der Waals surface area contributed by atoms with Crippen LogP contribution >= 0.6 is 0 Å². The highest BCUT2D eigenvalue weighted by molar-refractivity contribution is 4.53. The Hall–Kier alpha value is -0.160. The second-order valence-electron chi connectivity index (χ2n) is 4.76. The molecule has 0 radical (unpaired) electrons. The minimum Gasteiger partial charge on any atom is -0.396 e. The van der Waals surface area contributed by atoms with Gasteiger partial charge in [-0.25, -0.2) is 0 Å². The van der Waals surface area contributed by atoms with Crippen molar-refractivity contribution in [1.82, 2.24) is 0 Å². The molecule has 0 spiro atoms. The van der Waals surface area contributed by atoms with E-state index < -0.39 is 0 Å². The Morgan fingerprint density at radius 1 is 0.688 bits per heavy atom. The number of ether oxygens (including phenoxy) is 2. The molecule has 4 nitrogen and oxygen atoms in total. The molecule has 2 N–H and O–H groups in total. The van der Waals surface area contributed by atoms with Crippen molar-refractivity contribution in [3.05, 3.63) is 0 Å². The molecule has 0 amide bonds. The first-order chi connectivity index (χ1) is 7.60. The standard InChI is InChI=1S/C12H26O4/c1-10(4-13)6-15-8-12(3)9-16-7-11(2)5-14/h10-14H,4-9H2,1-3H3.